The molecule has 1 atom stereocenters. The third-order valence-electron chi connectivity index (χ3n) is 7.19. The fraction of sp³-hybridized carbons (Fsp3) is 0.444. The topological polar surface area (TPSA) is 80.2 Å². The molecule has 2 heterocycles. The van der Waals surface area contributed by atoms with Crippen molar-refractivity contribution in [3.05, 3.63) is 53.1 Å². The van der Waals surface area contributed by atoms with Crippen molar-refractivity contribution in [2.45, 2.75) is 57.0 Å². The van der Waals surface area contributed by atoms with Gasteiger partial charge in [0.15, 0.2) is 17.3 Å². The number of hydrogen-bond donors (Lipinski definition) is 1. The van der Waals surface area contributed by atoms with E-state index in [0.29, 0.717) is 29.5 Å². The van der Waals surface area contributed by atoms with Crippen LogP contribution < -0.4 is 14.8 Å². The number of ketones is 1. The Morgan fingerprint density at radius 3 is 2.50 bits per heavy atom. The SMILES string of the molecule is CCC(=O)c1ccc2c(c1)C(C(=NC1CCC(N(C)C)CC1)c1ccc3c(c1)OCO3)C(=O)N2. The third kappa shape index (κ3) is 4.20. The van der Waals surface area contributed by atoms with Gasteiger partial charge >= 0.3 is 0 Å². The zero-order valence-corrected chi connectivity index (χ0v) is 20.0. The smallest absolute Gasteiger partial charge is 0.238 e. The number of benzene rings is 2. The van der Waals surface area contributed by atoms with E-state index in [2.05, 4.69) is 24.3 Å². The molecule has 7 nitrogen and oxygen atoms in total. The highest BCUT2D eigenvalue weighted by molar-refractivity contribution is 6.24. The molecule has 0 saturated heterocycles. The molecule has 2 aromatic carbocycles. The maximum absolute atomic E-state index is 13.3. The van der Waals surface area contributed by atoms with Gasteiger partial charge in [-0.2, -0.15) is 0 Å². The number of fused-ring (bicyclic) bond motifs is 2. The Labute approximate surface area is 200 Å². The van der Waals surface area contributed by atoms with Crippen LogP contribution in [0.1, 0.15) is 66.4 Å². The highest BCUT2D eigenvalue weighted by Gasteiger charge is 2.37. The second-order valence-corrected chi connectivity index (χ2v) is 9.51. The predicted molar refractivity (Wildman–Crippen MR) is 131 cm³/mol. The summed E-state index contributed by atoms with van der Waals surface area (Å²) in [6.45, 7) is 2.04. The van der Waals surface area contributed by atoms with E-state index < -0.39 is 5.92 Å². The van der Waals surface area contributed by atoms with Gasteiger partial charge in [-0.25, -0.2) is 0 Å². The van der Waals surface area contributed by atoms with Crippen molar-refractivity contribution in [3.63, 3.8) is 0 Å². The highest BCUT2D eigenvalue weighted by atomic mass is 16.7. The van der Waals surface area contributed by atoms with Crippen molar-refractivity contribution in [2.75, 3.05) is 26.2 Å². The van der Waals surface area contributed by atoms with Crippen LogP contribution >= 0.6 is 0 Å². The van der Waals surface area contributed by atoms with Gasteiger partial charge in [-0.3, -0.25) is 14.6 Å². The molecule has 7 heteroatoms. The van der Waals surface area contributed by atoms with E-state index in [1.165, 1.54) is 0 Å². The van der Waals surface area contributed by atoms with Crippen LogP contribution in [0.15, 0.2) is 41.4 Å². The largest absolute Gasteiger partial charge is 0.454 e. The standard InChI is InChI=1S/C27H31N3O4/c1-4-22(31)16-5-11-21-20(13-16)25(27(32)29-21)26(17-6-12-23-24(14-17)34-15-33-23)28-18-7-9-19(10-8-18)30(2)3/h5-6,11-14,18-19,25H,4,7-10,15H2,1-3H3,(H,29,32). The molecule has 2 aliphatic heterocycles. The average molecular weight is 462 g/mol. The Morgan fingerprint density at radius 1 is 1.03 bits per heavy atom. The van der Waals surface area contributed by atoms with Crippen LogP contribution in [0.3, 0.4) is 0 Å². The molecular formula is C27H31N3O4. The van der Waals surface area contributed by atoms with E-state index in [1.807, 2.05) is 37.3 Å². The first-order chi connectivity index (χ1) is 16.4. The van der Waals surface area contributed by atoms with E-state index in [4.69, 9.17) is 14.5 Å². The van der Waals surface area contributed by atoms with E-state index in [1.54, 1.807) is 6.07 Å². The number of hydrogen-bond acceptors (Lipinski definition) is 6. The summed E-state index contributed by atoms with van der Waals surface area (Å²) in [5, 5.41) is 3.00. The summed E-state index contributed by atoms with van der Waals surface area (Å²) in [6.07, 6.45) is 4.54. The number of anilines is 1. The van der Waals surface area contributed by atoms with E-state index >= 15 is 0 Å². The molecule has 34 heavy (non-hydrogen) atoms. The minimum absolute atomic E-state index is 0.0597. The van der Waals surface area contributed by atoms with Crippen LogP contribution in [-0.4, -0.2) is 55.3 Å². The molecule has 1 amide bonds. The van der Waals surface area contributed by atoms with Crippen molar-refractivity contribution in [1.82, 2.24) is 4.90 Å². The molecule has 1 unspecified atom stereocenters. The summed E-state index contributed by atoms with van der Waals surface area (Å²) >= 11 is 0. The maximum atomic E-state index is 13.3. The first kappa shape index (κ1) is 22.6. The molecule has 0 spiro atoms. The lowest BCUT2D eigenvalue weighted by atomic mass is 9.87. The summed E-state index contributed by atoms with van der Waals surface area (Å²) in [7, 11) is 4.25. The number of Topliss-reactive ketones (excluding diaryl/α,β-unsaturated/α-hetero) is 1. The number of nitrogens with zero attached hydrogens (tertiary/aromatic N) is 2. The van der Waals surface area contributed by atoms with E-state index in [-0.39, 0.29) is 24.5 Å². The molecule has 5 rings (SSSR count). The van der Waals surface area contributed by atoms with Gasteiger partial charge in [-0.05, 0) is 81.7 Å². The highest BCUT2D eigenvalue weighted by Crippen LogP contribution is 2.39. The fourth-order valence-corrected chi connectivity index (χ4v) is 5.18. The zero-order valence-electron chi connectivity index (χ0n) is 20.0. The minimum Gasteiger partial charge on any atom is -0.454 e. The normalized spacial score (nSPS) is 23.7. The lowest BCUT2D eigenvalue weighted by molar-refractivity contribution is -0.115. The van der Waals surface area contributed by atoms with Crippen molar-refractivity contribution in [3.8, 4) is 11.5 Å². The monoisotopic (exact) mass is 461 g/mol. The predicted octanol–water partition coefficient (Wildman–Crippen LogP) is 4.41. The van der Waals surface area contributed by atoms with Gasteiger partial charge in [0.05, 0.1) is 11.8 Å². The molecule has 178 valence electrons. The van der Waals surface area contributed by atoms with Gasteiger partial charge in [0, 0.05) is 29.3 Å². The lowest BCUT2D eigenvalue weighted by Gasteiger charge is -2.31. The van der Waals surface area contributed by atoms with Crippen molar-refractivity contribution < 1.29 is 19.1 Å². The minimum atomic E-state index is -0.577. The number of nitrogens with one attached hydrogen (secondary N) is 1. The lowest BCUT2D eigenvalue weighted by Crippen LogP contribution is -2.34. The van der Waals surface area contributed by atoms with Crippen LogP contribution in [0.4, 0.5) is 5.69 Å². The van der Waals surface area contributed by atoms with Gasteiger partial charge in [-0.1, -0.05) is 6.92 Å². The number of carbonyl (C=O) groups excluding carboxylic acids is 2. The summed E-state index contributed by atoms with van der Waals surface area (Å²) in [5.74, 6) is 0.724. The van der Waals surface area contributed by atoms with Gasteiger partial charge in [0.2, 0.25) is 12.7 Å². The summed E-state index contributed by atoms with van der Waals surface area (Å²) in [6, 6.07) is 11.9. The van der Waals surface area contributed by atoms with Gasteiger partial charge < -0.3 is 19.7 Å². The Kier molecular flexibility index (Phi) is 6.13. The first-order valence-electron chi connectivity index (χ1n) is 12.1. The number of ether oxygens (including phenoxy) is 2. The molecular weight excluding hydrogens is 430 g/mol. The molecule has 0 bridgehead atoms. The molecule has 1 aliphatic carbocycles. The van der Waals surface area contributed by atoms with E-state index in [0.717, 1.165) is 48.2 Å². The van der Waals surface area contributed by atoms with Crippen molar-refractivity contribution in [2.24, 2.45) is 4.99 Å². The zero-order chi connectivity index (χ0) is 23.8. The van der Waals surface area contributed by atoms with Crippen LogP contribution in [0, 0.1) is 0 Å². The maximum Gasteiger partial charge on any atom is 0.238 e. The molecule has 1 saturated carbocycles. The Morgan fingerprint density at radius 2 is 1.76 bits per heavy atom. The second-order valence-electron chi connectivity index (χ2n) is 9.51. The Bertz CT molecular complexity index is 1150. The number of carbonyl (C=O) groups is 2. The number of aliphatic imine (C=N–C) groups is 1. The first-order valence-corrected chi connectivity index (χ1v) is 12.1. The number of amides is 1. The quantitative estimate of drug-likeness (QED) is 0.509. The molecule has 1 N–H and O–H groups in total. The molecule has 0 aromatic heterocycles. The molecule has 2 aromatic rings. The summed E-state index contributed by atoms with van der Waals surface area (Å²) < 4.78 is 11.1. The van der Waals surface area contributed by atoms with Crippen LogP contribution in [0.25, 0.3) is 0 Å². The molecule has 3 aliphatic rings. The Balaban J connectivity index is 1.56. The van der Waals surface area contributed by atoms with Crippen molar-refractivity contribution in [1.29, 1.82) is 0 Å². The Hall–Kier alpha value is -3.19. The number of rotatable bonds is 6. The van der Waals surface area contributed by atoms with Crippen molar-refractivity contribution >= 4 is 23.1 Å². The summed E-state index contributed by atoms with van der Waals surface area (Å²) in [5.41, 5.74) is 3.75. The third-order valence-corrected chi connectivity index (χ3v) is 7.19. The van der Waals surface area contributed by atoms with Crippen LogP contribution in [0.5, 0.6) is 11.5 Å². The fourth-order valence-electron chi connectivity index (χ4n) is 5.18. The van der Waals surface area contributed by atoms with Gasteiger partial charge in [-0.15, -0.1) is 0 Å². The average Bonchev–Trinajstić information content (AvgIpc) is 3.44. The van der Waals surface area contributed by atoms with E-state index in [9.17, 15) is 9.59 Å². The molecule has 1 fully saturated rings. The van der Waals surface area contributed by atoms with Gasteiger partial charge in [0.25, 0.3) is 0 Å². The van der Waals surface area contributed by atoms with Crippen LogP contribution in [-0.2, 0) is 4.79 Å². The second kappa shape index (κ2) is 9.22. The van der Waals surface area contributed by atoms with Gasteiger partial charge in [0.1, 0.15) is 5.92 Å². The van der Waals surface area contributed by atoms with Crippen LogP contribution in [0.2, 0.25) is 0 Å². The summed E-state index contributed by atoms with van der Waals surface area (Å²) in [4.78, 5) is 33.2. The molecule has 0 radical (unpaired) electrons.